The van der Waals surface area contributed by atoms with Crippen LogP contribution in [0.25, 0.3) is 11.1 Å². The van der Waals surface area contributed by atoms with Crippen molar-refractivity contribution in [3.05, 3.63) is 52.0 Å². The number of rotatable bonds is 2. The van der Waals surface area contributed by atoms with Crippen LogP contribution in [0.15, 0.2) is 36.4 Å². The molecule has 3 nitrogen and oxygen atoms in total. The van der Waals surface area contributed by atoms with Crippen molar-refractivity contribution in [3.8, 4) is 11.1 Å². The molecule has 1 aliphatic heterocycles. The number of anilines is 1. The van der Waals surface area contributed by atoms with Crippen molar-refractivity contribution in [3.63, 3.8) is 0 Å². The smallest absolute Gasteiger partial charge is 0.336 e. The Balaban J connectivity index is 2.18. The van der Waals surface area contributed by atoms with E-state index >= 15 is 0 Å². The Kier molecular flexibility index (Phi) is 4.36. The number of amides is 2. The van der Waals surface area contributed by atoms with Crippen LogP contribution in [0.3, 0.4) is 0 Å². The highest BCUT2D eigenvalue weighted by Crippen LogP contribution is 2.42. The maximum Gasteiger partial charge on any atom is 0.417 e. The molecule has 0 spiro atoms. The Hall–Kier alpha value is -1.92. The maximum atomic E-state index is 13.4. The second-order valence-corrected chi connectivity index (χ2v) is 6.08. The highest BCUT2D eigenvalue weighted by Gasteiger charge is 2.35. The van der Waals surface area contributed by atoms with E-state index in [1.165, 1.54) is 35.2 Å². The van der Waals surface area contributed by atoms with Crippen LogP contribution in [-0.4, -0.2) is 19.1 Å². The molecule has 2 aromatic carbocycles. The zero-order chi connectivity index (χ0) is 17.5. The summed E-state index contributed by atoms with van der Waals surface area (Å²) in [4.78, 5) is 13.1. The summed E-state index contributed by atoms with van der Waals surface area (Å²) in [6, 6.07) is 7.50. The van der Waals surface area contributed by atoms with Gasteiger partial charge in [-0.15, -0.1) is 0 Å². The van der Waals surface area contributed by atoms with E-state index in [0.29, 0.717) is 23.8 Å². The van der Waals surface area contributed by atoms with Gasteiger partial charge < -0.3 is 5.32 Å². The van der Waals surface area contributed by atoms with Gasteiger partial charge in [-0.3, -0.25) is 4.90 Å². The molecule has 8 heteroatoms. The van der Waals surface area contributed by atoms with Crippen molar-refractivity contribution in [2.24, 2.45) is 0 Å². The third-order valence-electron chi connectivity index (χ3n) is 3.70. The van der Waals surface area contributed by atoms with Gasteiger partial charge in [-0.25, -0.2) is 4.79 Å². The first kappa shape index (κ1) is 16.9. The van der Waals surface area contributed by atoms with Gasteiger partial charge in [0, 0.05) is 34.4 Å². The lowest BCUT2D eigenvalue weighted by atomic mass is 9.98. The van der Waals surface area contributed by atoms with Crippen LogP contribution in [-0.2, 0) is 6.18 Å². The summed E-state index contributed by atoms with van der Waals surface area (Å²) in [5.74, 6) is 0. The lowest BCUT2D eigenvalue weighted by molar-refractivity contribution is -0.137. The van der Waals surface area contributed by atoms with Gasteiger partial charge in [0.15, 0.2) is 0 Å². The molecule has 126 valence electrons. The fourth-order valence-electron chi connectivity index (χ4n) is 2.60. The van der Waals surface area contributed by atoms with Gasteiger partial charge in [-0.2, -0.15) is 13.2 Å². The van der Waals surface area contributed by atoms with Crippen molar-refractivity contribution in [1.82, 2.24) is 5.32 Å². The number of carbonyl (C=O) groups excluding carboxylic acids is 1. The van der Waals surface area contributed by atoms with Crippen LogP contribution in [0.2, 0.25) is 10.0 Å². The molecule has 1 aliphatic rings. The summed E-state index contributed by atoms with van der Waals surface area (Å²) in [7, 11) is 0. The van der Waals surface area contributed by atoms with E-state index < -0.39 is 11.7 Å². The Morgan fingerprint density at radius 3 is 2.38 bits per heavy atom. The number of halogens is 5. The quantitative estimate of drug-likeness (QED) is 0.768. The Morgan fingerprint density at radius 2 is 1.79 bits per heavy atom. The predicted octanol–water partition coefficient (Wildman–Crippen LogP) is 5.21. The lowest BCUT2D eigenvalue weighted by Gasteiger charge is -2.19. The number of urea groups is 1. The summed E-state index contributed by atoms with van der Waals surface area (Å²) < 4.78 is 40.1. The van der Waals surface area contributed by atoms with Crippen LogP contribution in [0.1, 0.15) is 5.56 Å². The van der Waals surface area contributed by atoms with Gasteiger partial charge in [-0.1, -0.05) is 29.3 Å². The standard InChI is InChI=1S/C16H11Cl2F3N2O/c17-9-1-3-11(14(18)7-9)12-8-10(23-6-5-22-15(23)24)2-4-13(12)16(19,20)21/h1-4,7-8H,5-6H2,(H,22,24). The summed E-state index contributed by atoms with van der Waals surface area (Å²) in [6.07, 6.45) is -4.55. The first-order chi connectivity index (χ1) is 11.3. The molecular formula is C16H11Cl2F3N2O. The van der Waals surface area contributed by atoms with E-state index in [9.17, 15) is 18.0 Å². The zero-order valence-corrected chi connectivity index (χ0v) is 13.6. The minimum absolute atomic E-state index is 0.0960. The van der Waals surface area contributed by atoms with E-state index in [2.05, 4.69) is 5.32 Å². The molecule has 1 saturated heterocycles. The van der Waals surface area contributed by atoms with Gasteiger partial charge in [0.05, 0.1) is 5.56 Å². The number of alkyl halides is 3. The van der Waals surface area contributed by atoms with E-state index in [1.54, 1.807) is 0 Å². The topological polar surface area (TPSA) is 32.3 Å². The molecule has 1 fully saturated rings. The molecule has 0 radical (unpaired) electrons. The maximum absolute atomic E-state index is 13.4. The normalized spacial score (nSPS) is 14.9. The number of carbonyl (C=O) groups is 1. The molecule has 1 heterocycles. The van der Waals surface area contributed by atoms with Gasteiger partial charge >= 0.3 is 12.2 Å². The molecule has 0 atom stereocenters. The lowest BCUT2D eigenvalue weighted by Crippen LogP contribution is -2.27. The number of benzene rings is 2. The van der Waals surface area contributed by atoms with E-state index in [0.717, 1.165) is 6.07 Å². The first-order valence-corrected chi connectivity index (χ1v) is 7.75. The molecule has 0 aliphatic carbocycles. The summed E-state index contributed by atoms with van der Waals surface area (Å²) in [5.41, 5.74) is -0.342. The third kappa shape index (κ3) is 3.16. The van der Waals surface area contributed by atoms with Crippen molar-refractivity contribution >= 4 is 34.9 Å². The SMILES string of the molecule is O=C1NCCN1c1ccc(C(F)(F)F)c(-c2ccc(Cl)cc2Cl)c1. The largest absolute Gasteiger partial charge is 0.417 e. The van der Waals surface area contributed by atoms with Crippen molar-refractivity contribution in [2.75, 3.05) is 18.0 Å². The van der Waals surface area contributed by atoms with E-state index in [1.807, 2.05) is 0 Å². The molecule has 24 heavy (non-hydrogen) atoms. The molecule has 2 amide bonds. The van der Waals surface area contributed by atoms with Crippen molar-refractivity contribution < 1.29 is 18.0 Å². The molecule has 3 rings (SSSR count). The highest BCUT2D eigenvalue weighted by molar-refractivity contribution is 6.36. The second kappa shape index (κ2) is 6.18. The van der Waals surface area contributed by atoms with E-state index in [4.69, 9.17) is 23.2 Å². The summed E-state index contributed by atoms with van der Waals surface area (Å²) in [5, 5.41) is 3.05. The monoisotopic (exact) mass is 374 g/mol. The third-order valence-corrected chi connectivity index (χ3v) is 4.25. The molecule has 0 aromatic heterocycles. The van der Waals surface area contributed by atoms with Crippen molar-refractivity contribution in [2.45, 2.75) is 6.18 Å². The van der Waals surface area contributed by atoms with Crippen molar-refractivity contribution in [1.29, 1.82) is 0 Å². The highest BCUT2D eigenvalue weighted by atomic mass is 35.5. The molecular weight excluding hydrogens is 364 g/mol. The Bertz CT molecular complexity index is 808. The fourth-order valence-corrected chi connectivity index (χ4v) is 3.11. The average Bonchev–Trinajstić information content (AvgIpc) is 2.92. The number of nitrogens with one attached hydrogen (secondary N) is 1. The first-order valence-electron chi connectivity index (χ1n) is 6.99. The number of hydrogen-bond donors (Lipinski definition) is 1. The molecule has 1 N–H and O–H groups in total. The van der Waals surface area contributed by atoms with Crippen LogP contribution in [0.4, 0.5) is 23.7 Å². The summed E-state index contributed by atoms with van der Waals surface area (Å²) >= 11 is 11.9. The average molecular weight is 375 g/mol. The van der Waals surface area contributed by atoms with Crippen LogP contribution in [0.5, 0.6) is 0 Å². The minimum atomic E-state index is -4.55. The Morgan fingerprint density at radius 1 is 1.04 bits per heavy atom. The second-order valence-electron chi connectivity index (χ2n) is 5.24. The Labute approximate surface area is 146 Å². The number of nitrogens with zero attached hydrogens (tertiary/aromatic N) is 1. The van der Waals surface area contributed by atoms with Gasteiger partial charge in [0.25, 0.3) is 0 Å². The fraction of sp³-hybridized carbons (Fsp3) is 0.188. The zero-order valence-electron chi connectivity index (χ0n) is 12.1. The van der Waals surface area contributed by atoms with Gasteiger partial charge in [0.2, 0.25) is 0 Å². The van der Waals surface area contributed by atoms with Gasteiger partial charge in [0.1, 0.15) is 0 Å². The molecule has 2 aromatic rings. The van der Waals surface area contributed by atoms with Crippen LogP contribution in [0, 0.1) is 0 Å². The minimum Gasteiger partial charge on any atom is -0.336 e. The molecule has 0 saturated carbocycles. The predicted molar refractivity (Wildman–Crippen MR) is 87.6 cm³/mol. The number of hydrogen-bond acceptors (Lipinski definition) is 1. The summed E-state index contributed by atoms with van der Waals surface area (Å²) in [6.45, 7) is 0.828. The van der Waals surface area contributed by atoms with Crippen LogP contribution < -0.4 is 10.2 Å². The van der Waals surface area contributed by atoms with E-state index in [-0.39, 0.29) is 22.2 Å². The molecule has 0 unspecified atom stereocenters. The molecule has 0 bridgehead atoms. The van der Waals surface area contributed by atoms with Crippen LogP contribution >= 0.6 is 23.2 Å². The van der Waals surface area contributed by atoms with Gasteiger partial charge in [-0.05, 0) is 35.9 Å².